The van der Waals surface area contributed by atoms with Crippen molar-refractivity contribution in [3.63, 3.8) is 0 Å². The number of nitrogens with zero attached hydrogens (tertiary/aromatic N) is 3. The first kappa shape index (κ1) is 33.2. The molecule has 0 unspecified atom stereocenters. The average molecular weight is 698 g/mol. The average Bonchev–Trinajstić information content (AvgIpc) is 3.51. The van der Waals surface area contributed by atoms with Crippen molar-refractivity contribution in [1.29, 1.82) is 0 Å². The van der Waals surface area contributed by atoms with Gasteiger partial charge in [-0.05, 0) is 48.9 Å². The van der Waals surface area contributed by atoms with Gasteiger partial charge in [-0.1, -0.05) is 72.6 Å². The number of hydrogen-bond acceptors (Lipinski definition) is 7. The summed E-state index contributed by atoms with van der Waals surface area (Å²) in [6.07, 6.45) is 5.45. The maximum Gasteiger partial charge on any atom is 0.258 e. The Morgan fingerprint density at radius 1 is 0.918 bits per heavy atom. The molecule has 2 fully saturated rings. The fourth-order valence-electron chi connectivity index (χ4n) is 6.77. The molecule has 5 aromatic rings. The molecule has 49 heavy (non-hydrogen) atoms. The molecule has 1 amide bonds. The number of nitrogens with one attached hydrogen (secondary N) is 3. The van der Waals surface area contributed by atoms with Crippen LogP contribution in [0, 0.1) is 5.92 Å². The normalized spacial score (nSPS) is 18.8. The number of fused-ring (bicyclic) bond motifs is 1. The Bertz CT molecular complexity index is 2090. The molecule has 1 saturated heterocycles. The second kappa shape index (κ2) is 14.3. The first-order chi connectivity index (χ1) is 23.8. The van der Waals surface area contributed by atoms with Crippen molar-refractivity contribution in [3.8, 4) is 39.4 Å². The van der Waals surface area contributed by atoms with E-state index >= 15 is 0 Å². The SMILES string of the molecule is COc1nc(-c2cccc(-c3cccc(-c4ccn5c(=O)cc(CNC6CC(C)C6)nc5c4)c3Cl)c2Cl)ccc1CNC[C@@H]1CCC(=O)N1. The van der Waals surface area contributed by atoms with E-state index < -0.39 is 0 Å². The van der Waals surface area contributed by atoms with Crippen LogP contribution in [0.1, 0.15) is 43.9 Å². The summed E-state index contributed by atoms with van der Waals surface area (Å²) in [4.78, 5) is 34.0. The molecule has 1 atom stereocenters. The van der Waals surface area contributed by atoms with E-state index in [0.717, 1.165) is 64.3 Å². The molecule has 3 aromatic heterocycles. The van der Waals surface area contributed by atoms with Gasteiger partial charge in [-0.2, -0.15) is 0 Å². The molecular weight excluding hydrogens is 659 g/mol. The molecule has 0 spiro atoms. The molecule has 9 nitrogen and oxygen atoms in total. The molecule has 1 saturated carbocycles. The summed E-state index contributed by atoms with van der Waals surface area (Å²) in [6, 6.07) is 21.6. The van der Waals surface area contributed by atoms with Crippen molar-refractivity contribution < 1.29 is 9.53 Å². The van der Waals surface area contributed by atoms with Gasteiger partial charge in [-0.15, -0.1) is 0 Å². The molecule has 7 rings (SSSR count). The van der Waals surface area contributed by atoms with Crippen LogP contribution in [0.3, 0.4) is 0 Å². The summed E-state index contributed by atoms with van der Waals surface area (Å²) in [5.41, 5.74) is 6.68. The van der Waals surface area contributed by atoms with Crippen molar-refractivity contribution >= 4 is 34.8 Å². The minimum Gasteiger partial charge on any atom is -0.481 e. The van der Waals surface area contributed by atoms with Crippen LogP contribution in [0.2, 0.25) is 10.0 Å². The summed E-state index contributed by atoms with van der Waals surface area (Å²) in [6.45, 7) is 4.04. The Balaban J connectivity index is 1.14. The third kappa shape index (κ3) is 7.07. The second-order valence-corrected chi connectivity index (χ2v) is 13.8. The predicted molar refractivity (Wildman–Crippen MR) is 194 cm³/mol. The summed E-state index contributed by atoms with van der Waals surface area (Å²) in [7, 11) is 1.60. The summed E-state index contributed by atoms with van der Waals surface area (Å²) < 4.78 is 7.20. The monoisotopic (exact) mass is 696 g/mol. The lowest BCUT2D eigenvalue weighted by Gasteiger charge is -2.33. The van der Waals surface area contributed by atoms with Crippen LogP contribution in [-0.4, -0.2) is 46.0 Å². The van der Waals surface area contributed by atoms with E-state index in [1.54, 1.807) is 23.8 Å². The number of halogens is 2. The maximum atomic E-state index is 12.9. The first-order valence-electron chi connectivity index (χ1n) is 16.6. The van der Waals surface area contributed by atoms with E-state index in [1.807, 2.05) is 60.7 Å². The zero-order valence-corrected chi connectivity index (χ0v) is 28.9. The van der Waals surface area contributed by atoms with Gasteiger partial charge in [0.1, 0.15) is 5.65 Å². The van der Waals surface area contributed by atoms with Gasteiger partial charge >= 0.3 is 0 Å². The highest BCUT2D eigenvalue weighted by atomic mass is 35.5. The van der Waals surface area contributed by atoms with Crippen LogP contribution in [0.15, 0.2) is 77.7 Å². The Kier molecular flexibility index (Phi) is 9.69. The van der Waals surface area contributed by atoms with Crippen molar-refractivity contribution in [2.75, 3.05) is 13.7 Å². The minimum absolute atomic E-state index is 0.0993. The van der Waals surface area contributed by atoms with Gasteiger partial charge in [-0.3, -0.25) is 14.0 Å². The van der Waals surface area contributed by atoms with Gasteiger partial charge < -0.3 is 20.7 Å². The molecule has 3 N–H and O–H groups in total. The van der Waals surface area contributed by atoms with Crippen LogP contribution in [0.5, 0.6) is 5.88 Å². The van der Waals surface area contributed by atoms with Crippen molar-refractivity contribution in [2.45, 2.75) is 57.8 Å². The third-order valence-electron chi connectivity index (χ3n) is 9.46. The summed E-state index contributed by atoms with van der Waals surface area (Å²) >= 11 is 14.2. The number of carbonyl (C=O) groups is 1. The van der Waals surface area contributed by atoms with Crippen LogP contribution >= 0.6 is 23.2 Å². The maximum absolute atomic E-state index is 12.9. The molecular formula is C38H38Cl2N6O3. The van der Waals surface area contributed by atoms with E-state index in [9.17, 15) is 9.59 Å². The third-order valence-corrected chi connectivity index (χ3v) is 10.3. The number of methoxy groups -OCH3 is 1. The zero-order valence-electron chi connectivity index (χ0n) is 27.4. The molecule has 11 heteroatoms. The van der Waals surface area contributed by atoms with Crippen LogP contribution < -0.4 is 26.2 Å². The molecule has 2 aliphatic rings. The van der Waals surface area contributed by atoms with Gasteiger partial charge in [-0.25, -0.2) is 9.97 Å². The number of hydrogen-bond donors (Lipinski definition) is 3. The van der Waals surface area contributed by atoms with Crippen LogP contribution in [0.4, 0.5) is 0 Å². The van der Waals surface area contributed by atoms with Crippen LogP contribution in [0.25, 0.3) is 39.2 Å². The van der Waals surface area contributed by atoms with Gasteiger partial charge in [0.25, 0.3) is 5.56 Å². The van der Waals surface area contributed by atoms with Crippen molar-refractivity contribution in [2.24, 2.45) is 5.92 Å². The number of benzene rings is 2. The fraction of sp³-hybridized carbons (Fsp3) is 0.316. The molecule has 0 bridgehead atoms. The Morgan fingerprint density at radius 2 is 1.65 bits per heavy atom. The number of aromatic nitrogens is 3. The highest BCUT2D eigenvalue weighted by molar-refractivity contribution is 6.39. The lowest BCUT2D eigenvalue weighted by Crippen LogP contribution is -2.39. The standard InChI is InChI=1S/C38H38Cl2N6O3/c1-22-15-26(16-22)42-21-27-18-35(48)46-14-13-23(17-33(46)43-27)28-5-3-6-29(36(28)39)30-7-4-8-31(37(30)40)32-11-9-24(38(45-32)49-2)19-41-20-25-10-12-34(47)44-25/h3-9,11,13-14,17-18,22,25-26,41-42H,10,12,15-16,19-21H2,1-2H3,(H,44,47)/t22?,25-,26?/m0/s1. The lowest BCUT2D eigenvalue weighted by atomic mass is 9.82. The topological polar surface area (TPSA) is 110 Å². The number of ether oxygens (including phenoxy) is 1. The van der Waals surface area contributed by atoms with E-state index in [2.05, 4.69) is 22.9 Å². The summed E-state index contributed by atoms with van der Waals surface area (Å²) in [5.74, 6) is 1.34. The highest BCUT2D eigenvalue weighted by Crippen LogP contribution is 2.42. The van der Waals surface area contributed by atoms with Crippen molar-refractivity contribution in [1.82, 2.24) is 30.3 Å². The quantitative estimate of drug-likeness (QED) is 0.142. The number of rotatable bonds is 11. The first-order valence-corrected chi connectivity index (χ1v) is 17.4. The lowest BCUT2D eigenvalue weighted by molar-refractivity contribution is -0.119. The zero-order chi connectivity index (χ0) is 34.1. The largest absolute Gasteiger partial charge is 0.481 e. The van der Waals surface area contributed by atoms with Gasteiger partial charge in [0, 0.05) is 78.2 Å². The minimum atomic E-state index is -0.118. The number of carbonyl (C=O) groups excluding carboxylic acids is 1. The molecule has 4 heterocycles. The molecule has 0 radical (unpaired) electrons. The van der Waals surface area contributed by atoms with E-state index in [1.165, 1.54) is 0 Å². The van der Waals surface area contributed by atoms with Crippen molar-refractivity contribution in [3.05, 3.63) is 105 Å². The molecule has 1 aliphatic carbocycles. The number of pyridine rings is 2. The van der Waals surface area contributed by atoms with Gasteiger partial charge in [0.2, 0.25) is 11.8 Å². The smallest absolute Gasteiger partial charge is 0.258 e. The Hall–Kier alpha value is -4.28. The Morgan fingerprint density at radius 3 is 2.37 bits per heavy atom. The van der Waals surface area contributed by atoms with E-state index in [4.69, 9.17) is 37.9 Å². The van der Waals surface area contributed by atoms with E-state index in [0.29, 0.717) is 59.4 Å². The van der Waals surface area contributed by atoms with Gasteiger partial charge in [0.15, 0.2) is 0 Å². The fourth-order valence-corrected chi connectivity index (χ4v) is 7.43. The number of amides is 1. The van der Waals surface area contributed by atoms with Gasteiger partial charge in [0.05, 0.1) is 28.5 Å². The molecule has 1 aliphatic heterocycles. The highest BCUT2D eigenvalue weighted by Gasteiger charge is 2.25. The second-order valence-electron chi connectivity index (χ2n) is 13.0. The molecule has 2 aromatic carbocycles. The molecule has 252 valence electrons. The summed E-state index contributed by atoms with van der Waals surface area (Å²) in [5, 5.41) is 10.9. The predicted octanol–water partition coefficient (Wildman–Crippen LogP) is 6.66. The van der Waals surface area contributed by atoms with E-state index in [-0.39, 0.29) is 17.5 Å². The Labute approximate surface area is 295 Å². The van der Waals surface area contributed by atoms with Crippen LogP contribution in [-0.2, 0) is 17.9 Å².